The first kappa shape index (κ1) is 19.5. The van der Waals surface area contributed by atoms with E-state index < -0.39 is 0 Å². The Morgan fingerprint density at radius 1 is 1.03 bits per heavy atom. The van der Waals surface area contributed by atoms with Crippen LogP contribution in [0.1, 0.15) is 17.5 Å². The van der Waals surface area contributed by atoms with E-state index in [2.05, 4.69) is 33.3 Å². The van der Waals surface area contributed by atoms with E-state index in [1.54, 1.807) is 7.11 Å². The van der Waals surface area contributed by atoms with Gasteiger partial charge >= 0.3 is 0 Å². The second-order valence-electron chi connectivity index (χ2n) is 7.59. The molecule has 2 aromatic rings. The number of benzene rings is 2. The van der Waals surface area contributed by atoms with Crippen molar-refractivity contribution in [1.82, 2.24) is 10.2 Å². The number of carbonyl (C=O) groups excluding carboxylic acids is 1. The number of carbonyl (C=O) groups is 1. The minimum Gasteiger partial charge on any atom is -0.495 e. The van der Waals surface area contributed by atoms with Crippen LogP contribution in [0.25, 0.3) is 5.57 Å². The smallest absolute Gasteiger partial charge is 0.251 e. The predicted molar refractivity (Wildman–Crippen MR) is 117 cm³/mol. The normalized spacial score (nSPS) is 16.3. The number of fused-ring (bicyclic) bond motifs is 1. The van der Waals surface area contributed by atoms with Crippen LogP contribution in [-0.4, -0.2) is 57.2 Å². The molecule has 0 spiro atoms. The third kappa shape index (κ3) is 4.46. The number of nitrogens with one attached hydrogen (secondary N) is 1. The van der Waals surface area contributed by atoms with Crippen LogP contribution >= 0.6 is 0 Å². The lowest BCUT2D eigenvalue weighted by Crippen LogP contribution is -2.47. The van der Waals surface area contributed by atoms with Crippen molar-refractivity contribution in [1.29, 1.82) is 0 Å². The van der Waals surface area contributed by atoms with Crippen LogP contribution in [0.2, 0.25) is 0 Å². The fourth-order valence-electron chi connectivity index (χ4n) is 4.20. The molecule has 1 N–H and O–H groups in total. The van der Waals surface area contributed by atoms with Crippen LogP contribution in [0.3, 0.4) is 0 Å². The van der Waals surface area contributed by atoms with Crippen molar-refractivity contribution < 1.29 is 9.53 Å². The van der Waals surface area contributed by atoms with Gasteiger partial charge in [-0.1, -0.05) is 42.5 Å². The molecule has 1 aliphatic heterocycles. The molecule has 0 bridgehead atoms. The Hall–Kier alpha value is -2.79. The number of ether oxygens (including phenoxy) is 1. The van der Waals surface area contributed by atoms with Gasteiger partial charge in [0.1, 0.15) is 5.75 Å². The SMILES string of the molecule is COc1ccccc1N1CCN(CCCNC(=O)C2=CCc3ccccc32)CC1. The first-order valence-electron chi connectivity index (χ1n) is 10.4. The average Bonchev–Trinajstić information content (AvgIpc) is 3.21. The number of rotatable bonds is 7. The quantitative estimate of drug-likeness (QED) is 0.737. The van der Waals surface area contributed by atoms with E-state index in [9.17, 15) is 4.79 Å². The predicted octanol–water partition coefficient (Wildman–Crippen LogP) is 2.96. The minimum atomic E-state index is 0.0518. The monoisotopic (exact) mass is 391 g/mol. The molecule has 29 heavy (non-hydrogen) atoms. The molecule has 0 aromatic heterocycles. The molecule has 0 atom stereocenters. The van der Waals surface area contributed by atoms with E-state index in [1.165, 1.54) is 11.3 Å². The molecule has 1 aliphatic carbocycles. The lowest BCUT2D eigenvalue weighted by molar-refractivity contribution is -0.115. The van der Waals surface area contributed by atoms with Gasteiger partial charge in [-0.2, -0.15) is 0 Å². The molecule has 152 valence electrons. The molecular weight excluding hydrogens is 362 g/mol. The Bertz CT molecular complexity index is 885. The van der Waals surface area contributed by atoms with Gasteiger partial charge in [-0.15, -0.1) is 0 Å². The first-order valence-corrected chi connectivity index (χ1v) is 10.4. The Morgan fingerprint density at radius 2 is 1.79 bits per heavy atom. The van der Waals surface area contributed by atoms with Crippen LogP contribution in [0.4, 0.5) is 5.69 Å². The molecule has 0 saturated carbocycles. The molecule has 1 heterocycles. The summed E-state index contributed by atoms with van der Waals surface area (Å²) in [6.07, 6.45) is 3.86. The summed E-state index contributed by atoms with van der Waals surface area (Å²) in [5.74, 6) is 0.988. The Balaban J connectivity index is 1.19. The second kappa shape index (κ2) is 9.14. The van der Waals surface area contributed by atoms with Gasteiger partial charge in [0.25, 0.3) is 5.91 Å². The average molecular weight is 392 g/mol. The molecule has 0 radical (unpaired) electrons. The Morgan fingerprint density at radius 3 is 2.62 bits per heavy atom. The lowest BCUT2D eigenvalue weighted by Gasteiger charge is -2.36. The maximum Gasteiger partial charge on any atom is 0.251 e. The standard InChI is InChI=1S/C24H29N3O2/c1-29-23-10-5-4-9-22(23)27-17-15-26(16-18-27)14-6-13-25-24(28)21-12-11-19-7-2-3-8-20(19)21/h2-5,7-10,12H,6,11,13-18H2,1H3,(H,25,28). The summed E-state index contributed by atoms with van der Waals surface area (Å²) < 4.78 is 5.49. The fraction of sp³-hybridized carbons (Fsp3) is 0.375. The number of hydrogen-bond donors (Lipinski definition) is 1. The van der Waals surface area contributed by atoms with E-state index in [4.69, 9.17) is 4.74 Å². The summed E-state index contributed by atoms with van der Waals surface area (Å²) >= 11 is 0. The van der Waals surface area contributed by atoms with Crippen molar-refractivity contribution in [2.45, 2.75) is 12.8 Å². The van der Waals surface area contributed by atoms with Gasteiger partial charge in [-0.25, -0.2) is 0 Å². The van der Waals surface area contributed by atoms with Crippen molar-refractivity contribution in [2.24, 2.45) is 0 Å². The van der Waals surface area contributed by atoms with E-state index >= 15 is 0 Å². The molecule has 5 heteroatoms. The number of hydrogen-bond acceptors (Lipinski definition) is 4. The van der Waals surface area contributed by atoms with Crippen molar-refractivity contribution in [3.05, 3.63) is 65.7 Å². The zero-order chi connectivity index (χ0) is 20.1. The molecule has 0 unspecified atom stereocenters. The summed E-state index contributed by atoms with van der Waals surface area (Å²) in [4.78, 5) is 17.4. The number of nitrogens with zero attached hydrogens (tertiary/aromatic N) is 2. The van der Waals surface area contributed by atoms with Gasteiger partial charge < -0.3 is 15.0 Å². The number of allylic oxidation sites excluding steroid dienone is 1. The number of anilines is 1. The number of piperazine rings is 1. The van der Waals surface area contributed by atoms with Crippen LogP contribution in [0, 0.1) is 0 Å². The maximum atomic E-state index is 12.5. The van der Waals surface area contributed by atoms with Crippen molar-refractivity contribution in [3.8, 4) is 5.75 Å². The molecule has 1 fully saturated rings. The van der Waals surface area contributed by atoms with E-state index in [-0.39, 0.29) is 5.91 Å². The van der Waals surface area contributed by atoms with Crippen LogP contribution < -0.4 is 15.0 Å². The Kier molecular flexibility index (Phi) is 6.15. The van der Waals surface area contributed by atoms with Gasteiger partial charge in [-0.3, -0.25) is 9.69 Å². The number of amides is 1. The zero-order valence-corrected chi connectivity index (χ0v) is 17.1. The molecule has 1 saturated heterocycles. The maximum absolute atomic E-state index is 12.5. The molecule has 1 amide bonds. The zero-order valence-electron chi connectivity index (χ0n) is 17.1. The fourth-order valence-corrected chi connectivity index (χ4v) is 4.20. The van der Waals surface area contributed by atoms with E-state index in [1.807, 2.05) is 36.4 Å². The third-order valence-electron chi connectivity index (χ3n) is 5.81. The summed E-state index contributed by atoms with van der Waals surface area (Å²) in [5, 5.41) is 3.09. The van der Waals surface area contributed by atoms with Crippen LogP contribution in [0.15, 0.2) is 54.6 Å². The minimum absolute atomic E-state index is 0.0518. The third-order valence-corrected chi connectivity index (χ3v) is 5.81. The first-order chi connectivity index (χ1) is 14.3. The van der Waals surface area contributed by atoms with Crippen LogP contribution in [-0.2, 0) is 11.2 Å². The van der Waals surface area contributed by atoms with Gasteiger partial charge in [0.15, 0.2) is 0 Å². The number of methoxy groups -OCH3 is 1. The molecule has 4 rings (SSSR count). The largest absolute Gasteiger partial charge is 0.495 e. The summed E-state index contributed by atoms with van der Waals surface area (Å²) in [6, 6.07) is 16.4. The highest BCUT2D eigenvalue weighted by Crippen LogP contribution is 2.28. The lowest BCUT2D eigenvalue weighted by atomic mass is 10.1. The topological polar surface area (TPSA) is 44.8 Å². The van der Waals surface area contributed by atoms with Crippen LogP contribution in [0.5, 0.6) is 5.75 Å². The molecule has 2 aliphatic rings. The van der Waals surface area contributed by atoms with Gasteiger partial charge in [-0.05, 0) is 42.6 Å². The highest BCUT2D eigenvalue weighted by molar-refractivity contribution is 6.20. The van der Waals surface area contributed by atoms with E-state index in [0.29, 0.717) is 6.54 Å². The van der Waals surface area contributed by atoms with Crippen molar-refractivity contribution in [3.63, 3.8) is 0 Å². The van der Waals surface area contributed by atoms with E-state index in [0.717, 1.165) is 62.5 Å². The molecular formula is C24H29N3O2. The second-order valence-corrected chi connectivity index (χ2v) is 7.59. The number of para-hydroxylation sites is 2. The van der Waals surface area contributed by atoms with Gasteiger partial charge in [0.2, 0.25) is 0 Å². The Labute approximate surface area is 173 Å². The van der Waals surface area contributed by atoms with Crippen molar-refractivity contribution in [2.75, 3.05) is 51.3 Å². The summed E-state index contributed by atoms with van der Waals surface area (Å²) in [6.45, 7) is 5.78. The van der Waals surface area contributed by atoms with Gasteiger partial charge in [0.05, 0.1) is 12.8 Å². The highest BCUT2D eigenvalue weighted by atomic mass is 16.5. The highest BCUT2D eigenvalue weighted by Gasteiger charge is 2.21. The van der Waals surface area contributed by atoms with Crippen molar-refractivity contribution >= 4 is 17.2 Å². The molecule has 2 aromatic carbocycles. The summed E-state index contributed by atoms with van der Waals surface area (Å²) in [5.41, 5.74) is 4.32. The molecule has 5 nitrogen and oxygen atoms in total. The van der Waals surface area contributed by atoms with Gasteiger partial charge in [0, 0.05) is 38.3 Å². The summed E-state index contributed by atoms with van der Waals surface area (Å²) in [7, 11) is 1.73.